The Balaban J connectivity index is 0.000000164. The van der Waals surface area contributed by atoms with Gasteiger partial charge in [-0.2, -0.15) is 0 Å². The molecule has 624 valence electrons. The predicted molar refractivity (Wildman–Crippen MR) is 440 cm³/mol. The number of nitrogens with one attached hydrogen (secondary N) is 3. The molecule has 6 heterocycles. The number of benzene rings is 9. The summed E-state index contributed by atoms with van der Waals surface area (Å²) in [5.41, 5.74) is -2.69. The van der Waals surface area contributed by atoms with Crippen LogP contribution >= 0.6 is 69.6 Å². The van der Waals surface area contributed by atoms with Crippen LogP contribution in [0.5, 0.6) is 34.5 Å². The molecule has 9 aliphatic rings. The fourth-order valence-corrected chi connectivity index (χ4v) is 16.1. The van der Waals surface area contributed by atoms with Crippen molar-refractivity contribution in [2.75, 3.05) is 49.5 Å². The smallest absolute Gasteiger partial charge is 0.550 e. The number of epoxide rings is 1. The van der Waals surface area contributed by atoms with Gasteiger partial charge in [0.15, 0.2) is 34.5 Å². The number of fused-ring (bicyclic) bond motifs is 6. The maximum Gasteiger partial charge on any atom is 1.00 e. The summed E-state index contributed by atoms with van der Waals surface area (Å²) in [6, 6.07) is 47.2. The van der Waals surface area contributed by atoms with Gasteiger partial charge in [-0.15, -0.1) is 0 Å². The second-order valence-electron chi connectivity index (χ2n) is 27.2. The molecule has 34 heteroatoms. The number of aliphatic carboxylic acids is 1. The Bertz CT molecular complexity index is 5720. The SMILES string of the molecule is C.C.C.CCOC(=O)/C=C/C(=O)Nc1ccc2c(c1)OCO2.CCOC(=O)C1[C@H](C(=O)Nc2ccc3c(c2)OCO3)C(c2ccc(Cl)c(Cl)c2)OC12C(=O)c1ccccc1C2=O.O=C(Nc1ccc2c(c1)OCO2)[C@@H]1C(c2ccc(Cl)c(Cl)c2)OC2(C(=O)c3ccccc3C2=O)[C@H]1C(=O)[O-].O=C1c2ccccc2C(=O)C12OC2c1ccc(Cl)c(Cl)c1.[Na+]. The van der Waals surface area contributed by atoms with Crippen LogP contribution in [0.25, 0.3) is 0 Å². The van der Waals surface area contributed by atoms with Gasteiger partial charge >= 0.3 is 41.5 Å². The third-order valence-electron chi connectivity index (χ3n) is 20.5. The van der Waals surface area contributed by atoms with E-state index < -0.39 is 118 Å². The van der Waals surface area contributed by atoms with E-state index in [0.29, 0.717) is 78.2 Å². The van der Waals surface area contributed by atoms with Crippen LogP contribution in [0, 0.1) is 23.7 Å². The van der Waals surface area contributed by atoms with Crippen molar-refractivity contribution < 1.29 is 144 Å². The molecule has 9 aromatic rings. The Labute approximate surface area is 748 Å². The number of amides is 3. The maximum atomic E-state index is 14.0. The minimum atomic E-state index is -2.50. The first-order chi connectivity index (χ1) is 56.7. The van der Waals surface area contributed by atoms with Crippen LogP contribution in [0.15, 0.2) is 194 Å². The van der Waals surface area contributed by atoms with Gasteiger partial charge in [0.05, 0.1) is 73.3 Å². The number of Topliss-reactive ketones (excluding diaryl/α,β-unsaturated/α-hetero) is 6. The molecule has 6 aliphatic heterocycles. The molecular formula is C88H70Cl6N3NaO24. The van der Waals surface area contributed by atoms with Crippen LogP contribution in [0.2, 0.25) is 30.1 Å². The Morgan fingerprint density at radius 1 is 0.393 bits per heavy atom. The number of hydrogen-bond acceptors (Lipinski definition) is 24. The van der Waals surface area contributed by atoms with E-state index >= 15 is 0 Å². The molecule has 27 nitrogen and oxygen atoms in total. The van der Waals surface area contributed by atoms with Gasteiger partial charge in [-0.3, -0.25) is 47.9 Å². The summed E-state index contributed by atoms with van der Waals surface area (Å²) in [4.78, 5) is 157. The first-order valence-corrected chi connectivity index (χ1v) is 38.3. The van der Waals surface area contributed by atoms with E-state index in [1.807, 2.05) is 0 Å². The van der Waals surface area contributed by atoms with Crippen molar-refractivity contribution in [3.8, 4) is 34.5 Å². The molecule has 4 unspecified atom stereocenters. The molecule has 0 radical (unpaired) electrons. The second-order valence-corrected chi connectivity index (χ2v) is 29.7. The maximum absolute atomic E-state index is 14.0. The van der Waals surface area contributed by atoms with Crippen molar-refractivity contribution in [1.29, 1.82) is 0 Å². The third-order valence-corrected chi connectivity index (χ3v) is 22.7. The number of hydrogen-bond donors (Lipinski definition) is 3. The normalized spacial score (nSPS) is 19.9. The van der Waals surface area contributed by atoms with E-state index in [2.05, 4.69) is 20.7 Å². The summed E-state index contributed by atoms with van der Waals surface area (Å²) in [5, 5.41) is 22.2. The quantitative estimate of drug-likeness (QED) is 0.0299. The fraction of sp³-hybridized carbons (Fsp3) is 0.227. The summed E-state index contributed by atoms with van der Waals surface area (Å²) in [7, 11) is 0. The van der Waals surface area contributed by atoms with Crippen LogP contribution in [-0.2, 0) is 52.5 Å². The zero-order valence-electron chi connectivity index (χ0n) is 62.1. The van der Waals surface area contributed by atoms with Crippen molar-refractivity contribution >= 4 is 157 Å². The number of carboxylic acid groups (broad SMARTS) is 1. The van der Waals surface area contributed by atoms with E-state index in [0.717, 1.165) is 12.2 Å². The summed E-state index contributed by atoms with van der Waals surface area (Å²) in [6.07, 6.45) is -1.00. The number of anilines is 3. The van der Waals surface area contributed by atoms with Crippen molar-refractivity contribution in [2.45, 2.75) is 71.2 Å². The van der Waals surface area contributed by atoms with Crippen LogP contribution in [0.4, 0.5) is 17.1 Å². The number of ketones is 6. The number of carbonyl (C=O) groups is 12. The molecule has 3 aliphatic carbocycles. The number of rotatable bonds is 14. The Kier molecular flexibility index (Phi) is 28.1. The van der Waals surface area contributed by atoms with E-state index in [4.69, 9.17) is 117 Å². The molecule has 9 aromatic carbocycles. The summed E-state index contributed by atoms with van der Waals surface area (Å²) in [5.74, 6) is -12.3. The molecule has 0 bridgehead atoms. The Morgan fingerprint density at radius 2 is 0.721 bits per heavy atom. The van der Waals surface area contributed by atoms with Gasteiger partial charge in [-0.1, -0.05) is 183 Å². The van der Waals surface area contributed by atoms with Crippen molar-refractivity contribution in [3.63, 3.8) is 0 Å². The fourth-order valence-electron chi connectivity index (χ4n) is 15.2. The monoisotopic (exact) mass is 1790 g/mol. The first-order valence-electron chi connectivity index (χ1n) is 36.0. The van der Waals surface area contributed by atoms with Gasteiger partial charge in [0, 0.05) is 86.8 Å². The molecule has 3 fully saturated rings. The number of ether oxygens (including phenoxy) is 11. The largest absolute Gasteiger partial charge is 1.00 e. The van der Waals surface area contributed by atoms with E-state index in [1.54, 1.807) is 135 Å². The van der Waals surface area contributed by atoms with Crippen molar-refractivity contribution in [1.82, 2.24) is 0 Å². The zero-order chi connectivity index (χ0) is 83.4. The molecule has 0 aromatic heterocycles. The standard InChI is InChI=1S/C29H21Cl2NO8.C27H17Cl2NO8.C16H8Cl2O3.C13H13NO5.3CH4.Na/c1-2-37-28(36)23-22(27(35)32-15-8-10-20-21(12-15)39-13-38-20)24(14-7-9-18(30)19(31)11-14)40-29(23)25(33)16-5-3-4-6-17(16)26(29)34;28-16-7-5-12(9-17(16)29)22-20(25(33)30-13-6-8-18-19(10-13)37-11-36-18)21(26(34)35)27(38-22)23(31)14-3-1-2-4-15(14)24(27)32;17-11-6-5-8(7-12(11)18)15-16(21-15)13(19)9-3-1-2-4-10(9)14(16)20;1-2-17-13(16)6-5-12(15)14-9-3-4-10-11(7-9)19-8-18-10;;;;/h3-12,22-24H,2,13H2,1H3,(H,32,35);1-10,20-22H,11H2,(H,30,33)(H,34,35);1-7,15H;3-7H,2,8H2,1H3,(H,14,15);3*1H4;/q;;;;;;;+1/p-1/b;;;6-5+;;;;/t22-,23?,24?;20-,21+,22?;;;;;;/m00....../s1. The van der Waals surface area contributed by atoms with Crippen molar-refractivity contribution in [2.24, 2.45) is 23.7 Å². The Morgan fingerprint density at radius 3 is 1.08 bits per heavy atom. The molecule has 0 saturated carbocycles. The van der Waals surface area contributed by atoms with Gasteiger partial charge < -0.3 is 78.0 Å². The molecule has 122 heavy (non-hydrogen) atoms. The van der Waals surface area contributed by atoms with Gasteiger partial charge in [0.2, 0.25) is 89.6 Å². The zero-order valence-corrected chi connectivity index (χ0v) is 68.7. The molecule has 3 saturated heterocycles. The van der Waals surface area contributed by atoms with Crippen LogP contribution in [0.1, 0.15) is 133 Å². The van der Waals surface area contributed by atoms with Crippen LogP contribution in [-0.4, -0.2) is 121 Å². The molecule has 3 amide bonds. The average molecular weight is 1790 g/mol. The van der Waals surface area contributed by atoms with Gasteiger partial charge in [0.25, 0.3) is 0 Å². The van der Waals surface area contributed by atoms with E-state index in [1.165, 1.54) is 60.7 Å². The number of halogens is 6. The van der Waals surface area contributed by atoms with Gasteiger partial charge in [0.1, 0.15) is 12.0 Å². The van der Waals surface area contributed by atoms with Crippen LogP contribution in [0.3, 0.4) is 0 Å². The number of carboxylic acids is 1. The minimum absolute atomic E-state index is 0. The topological polar surface area (TPSA) is 369 Å². The minimum Gasteiger partial charge on any atom is -0.550 e. The van der Waals surface area contributed by atoms with E-state index in [9.17, 15) is 62.6 Å². The second kappa shape index (κ2) is 37.4. The number of esters is 2. The summed E-state index contributed by atoms with van der Waals surface area (Å²) < 4.78 is 59.7. The molecule has 18 rings (SSSR count). The predicted octanol–water partition coefficient (Wildman–Crippen LogP) is 12.5. The third kappa shape index (κ3) is 16.7. The molecule has 3 spiro atoms. The van der Waals surface area contributed by atoms with E-state index in [-0.39, 0.29) is 151 Å². The summed E-state index contributed by atoms with van der Waals surface area (Å²) in [6.45, 7) is 3.74. The first kappa shape index (κ1) is 91.7. The molecular weight excluding hydrogens is 1720 g/mol. The van der Waals surface area contributed by atoms with Crippen molar-refractivity contribution in [3.05, 3.63) is 274 Å². The Hall–Kier alpha value is -11.0. The molecule has 7 atom stereocenters. The summed E-state index contributed by atoms with van der Waals surface area (Å²) >= 11 is 36.6. The van der Waals surface area contributed by atoms with Gasteiger partial charge in [-0.25, -0.2) is 4.79 Å². The number of carbonyl (C=O) groups excluding carboxylic acids is 12. The van der Waals surface area contributed by atoms with Gasteiger partial charge in [-0.05, 0) is 103 Å². The van der Waals surface area contributed by atoms with Crippen LogP contribution < -0.4 is 79.0 Å². The molecule has 3 N–H and O–H groups in total. The average Bonchev–Trinajstić information content (AvgIpc) is 1.52.